The highest BCUT2D eigenvalue weighted by Crippen LogP contribution is 2.18. The molecule has 2 atom stereocenters. The van der Waals surface area contributed by atoms with Gasteiger partial charge in [0.25, 0.3) is 0 Å². The highest BCUT2D eigenvalue weighted by Gasteiger charge is 2.17. The third-order valence-corrected chi connectivity index (χ3v) is 2.09. The average Bonchev–Trinajstić information content (AvgIpc) is 1.88. The van der Waals surface area contributed by atoms with Crippen LogP contribution >= 0.6 is 0 Å². The molecule has 1 aliphatic heterocycles. The zero-order chi connectivity index (χ0) is 7.40. The van der Waals surface area contributed by atoms with E-state index in [1.807, 2.05) is 7.05 Å². The Bertz CT molecular complexity index is 93.3. The Morgan fingerprint density at radius 1 is 1.60 bits per heavy atom. The van der Waals surface area contributed by atoms with E-state index < -0.39 is 0 Å². The summed E-state index contributed by atoms with van der Waals surface area (Å²) in [4.78, 5) is 0. The third-order valence-electron chi connectivity index (χ3n) is 2.09. The quantitative estimate of drug-likeness (QED) is 0.623. The number of hydrogen-bond acceptors (Lipinski definition) is 2. The van der Waals surface area contributed by atoms with Gasteiger partial charge < -0.3 is 10.1 Å². The van der Waals surface area contributed by atoms with Gasteiger partial charge in [-0.2, -0.15) is 0 Å². The lowest BCUT2D eigenvalue weighted by molar-refractivity contribution is 0.00333. The van der Waals surface area contributed by atoms with Crippen molar-refractivity contribution in [2.75, 3.05) is 20.2 Å². The van der Waals surface area contributed by atoms with E-state index in [1.54, 1.807) is 0 Å². The standard InChI is InChI=1S/C8H17NO/c1-7-5-8(6-9-2)3-4-10-7/h7-9H,3-6H2,1-2H3/t7-,8?/m0/s1. The molecule has 1 heterocycles. The van der Waals surface area contributed by atoms with Crippen molar-refractivity contribution in [1.82, 2.24) is 5.32 Å². The lowest BCUT2D eigenvalue weighted by Crippen LogP contribution is -2.29. The van der Waals surface area contributed by atoms with Crippen molar-refractivity contribution >= 4 is 0 Å². The van der Waals surface area contributed by atoms with Gasteiger partial charge in [0, 0.05) is 6.61 Å². The number of ether oxygens (including phenoxy) is 1. The van der Waals surface area contributed by atoms with Crippen LogP contribution in [0.5, 0.6) is 0 Å². The van der Waals surface area contributed by atoms with Crippen LogP contribution in [0.15, 0.2) is 0 Å². The molecule has 0 radical (unpaired) electrons. The number of nitrogens with one attached hydrogen (secondary N) is 1. The summed E-state index contributed by atoms with van der Waals surface area (Å²) in [7, 11) is 2.01. The predicted molar refractivity (Wildman–Crippen MR) is 42.1 cm³/mol. The van der Waals surface area contributed by atoms with Gasteiger partial charge in [0.05, 0.1) is 6.10 Å². The van der Waals surface area contributed by atoms with Gasteiger partial charge in [0.1, 0.15) is 0 Å². The van der Waals surface area contributed by atoms with Crippen molar-refractivity contribution in [3.05, 3.63) is 0 Å². The summed E-state index contributed by atoms with van der Waals surface area (Å²) in [6.07, 6.45) is 2.93. The second-order valence-corrected chi connectivity index (χ2v) is 3.13. The van der Waals surface area contributed by atoms with Gasteiger partial charge in [-0.05, 0) is 39.3 Å². The lowest BCUT2D eigenvalue weighted by atomic mass is 9.96. The molecule has 0 amide bonds. The molecule has 1 rings (SSSR count). The number of hydrogen-bond donors (Lipinski definition) is 1. The van der Waals surface area contributed by atoms with Crippen LogP contribution in [-0.4, -0.2) is 26.3 Å². The molecule has 2 nitrogen and oxygen atoms in total. The fourth-order valence-corrected chi connectivity index (χ4v) is 1.57. The van der Waals surface area contributed by atoms with E-state index in [2.05, 4.69) is 12.2 Å². The minimum absolute atomic E-state index is 0.479. The smallest absolute Gasteiger partial charge is 0.0550 e. The maximum atomic E-state index is 5.43. The molecular formula is C8H17NO. The van der Waals surface area contributed by atoms with E-state index in [-0.39, 0.29) is 0 Å². The Balaban J connectivity index is 2.18. The van der Waals surface area contributed by atoms with Crippen molar-refractivity contribution in [3.8, 4) is 0 Å². The first-order chi connectivity index (χ1) is 4.83. The molecular weight excluding hydrogens is 126 g/mol. The summed E-state index contributed by atoms with van der Waals surface area (Å²) in [6.45, 7) is 4.25. The molecule has 0 spiro atoms. The van der Waals surface area contributed by atoms with Crippen LogP contribution < -0.4 is 5.32 Å². The van der Waals surface area contributed by atoms with Crippen LogP contribution in [0.1, 0.15) is 19.8 Å². The first kappa shape index (κ1) is 8.02. The summed E-state index contributed by atoms with van der Waals surface area (Å²) < 4.78 is 5.43. The van der Waals surface area contributed by atoms with Crippen molar-refractivity contribution in [1.29, 1.82) is 0 Å². The Labute approximate surface area is 63.0 Å². The minimum atomic E-state index is 0.479. The van der Waals surface area contributed by atoms with E-state index in [1.165, 1.54) is 12.8 Å². The van der Waals surface area contributed by atoms with Crippen molar-refractivity contribution in [2.24, 2.45) is 5.92 Å². The highest BCUT2D eigenvalue weighted by molar-refractivity contribution is 4.69. The molecule has 0 saturated carbocycles. The zero-order valence-electron chi connectivity index (χ0n) is 6.89. The molecule has 10 heavy (non-hydrogen) atoms. The normalized spacial score (nSPS) is 34.2. The van der Waals surface area contributed by atoms with E-state index in [4.69, 9.17) is 4.74 Å². The van der Waals surface area contributed by atoms with E-state index in [0.29, 0.717) is 6.10 Å². The lowest BCUT2D eigenvalue weighted by Gasteiger charge is -2.26. The van der Waals surface area contributed by atoms with Crippen molar-refractivity contribution in [3.63, 3.8) is 0 Å². The molecule has 0 bridgehead atoms. The van der Waals surface area contributed by atoms with Crippen LogP contribution in [0.2, 0.25) is 0 Å². The summed E-state index contributed by atoms with van der Waals surface area (Å²) in [5.41, 5.74) is 0. The van der Waals surface area contributed by atoms with Gasteiger partial charge >= 0.3 is 0 Å². The number of rotatable bonds is 2. The third kappa shape index (κ3) is 2.27. The SMILES string of the molecule is CNCC1CCO[C@@H](C)C1. The van der Waals surface area contributed by atoms with Crippen molar-refractivity contribution in [2.45, 2.75) is 25.9 Å². The van der Waals surface area contributed by atoms with Gasteiger partial charge in [-0.25, -0.2) is 0 Å². The molecule has 0 aromatic carbocycles. The molecule has 1 unspecified atom stereocenters. The Morgan fingerprint density at radius 2 is 2.40 bits per heavy atom. The largest absolute Gasteiger partial charge is 0.378 e. The molecule has 0 aliphatic carbocycles. The van der Waals surface area contributed by atoms with Gasteiger partial charge in [0.2, 0.25) is 0 Å². The Morgan fingerprint density at radius 3 is 3.00 bits per heavy atom. The second kappa shape index (κ2) is 3.94. The molecule has 1 N–H and O–H groups in total. The fraction of sp³-hybridized carbons (Fsp3) is 1.00. The van der Waals surface area contributed by atoms with Crippen LogP contribution in [0.25, 0.3) is 0 Å². The molecule has 2 heteroatoms. The topological polar surface area (TPSA) is 21.3 Å². The molecule has 1 saturated heterocycles. The first-order valence-electron chi connectivity index (χ1n) is 4.09. The average molecular weight is 143 g/mol. The highest BCUT2D eigenvalue weighted by atomic mass is 16.5. The molecule has 60 valence electrons. The first-order valence-corrected chi connectivity index (χ1v) is 4.09. The molecule has 0 aromatic rings. The minimum Gasteiger partial charge on any atom is -0.378 e. The zero-order valence-corrected chi connectivity index (χ0v) is 6.89. The summed E-state index contributed by atoms with van der Waals surface area (Å²) in [5, 5.41) is 3.20. The van der Waals surface area contributed by atoms with E-state index in [0.717, 1.165) is 19.1 Å². The molecule has 1 fully saturated rings. The maximum absolute atomic E-state index is 5.43. The summed E-state index contributed by atoms with van der Waals surface area (Å²) in [5.74, 6) is 0.841. The van der Waals surface area contributed by atoms with Gasteiger partial charge in [-0.15, -0.1) is 0 Å². The summed E-state index contributed by atoms with van der Waals surface area (Å²) >= 11 is 0. The van der Waals surface area contributed by atoms with Crippen molar-refractivity contribution < 1.29 is 4.74 Å². The molecule has 1 aliphatic rings. The van der Waals surface area contributed by atoms with Crippen LogP contribution in [0, 0.1) is 5.92 Å². The summed E-state index contributed by atoms with van der Waals surface area (Å²) in [6, 6.07) is 0. The monoisotopic (exact) mass is 143 g/mol. The van der Waals surface area contributed by atoms with Gasteiger partial charge in [-0.1, -0.05) is 0 Å². The Kier molecular flexibility index (Phi) is 3.16. The fourth-order valence-electron chi connectivity index (χ4n) is 1.57. The Hall–Kier alpha value is -0.0800. The van der Waals surface area contributed by atoms with Crippen LogP contribution in [0.3, 0.4) is 0 Å². The van der Waals surface area contributed by atoms with E-state index in [9.17, 15) is 0 Å². The van der Waals surface area contributed by atoms with E-state index >= 15 is 0 Å². The van der Waals surface area contributed by atoms with Crippen LogP contribution in [0.4, 0.5) is 0 Å². The predicted octanol–water partition coefficient (Wildman–Crippen LogP) is 1.02. The van der Waals surface area contributed by atoms with Crippen LogP contribution in [-0.2, 0) is 4.74 Å². The maximum Gasteiger partial charge on any atom is 0.0550 e. The molecule has 0 aromatic heterocycles. The second-order valence-electron chi connectivity index (χ2n) is 3.13. The van der Waals surface area contributed by atoms with Gasteiger partial charge in [-0.3, -0.25) is 0 Å². The van der Waals surface area contributed by atoms with Gasteiger partial charge in [0.15, 0.2) is 0 Å².